The Morgan fingerprint density at radius 3 is 2.50 bits per heavy atom. The fourth-order valence-electron chi connectivity index (χ4n) is 1.99. The van der Waals surface area contributed by atoms with Crippen molar-refractivity contribution in [1.82, 2.24) is 10.2 Å². The quantitative estimate of drug-likeness (QED) is 0.666. The molecule has 0 amide bonds. The van der Waals surface area contributed by atoms with Crippen LogP contribution in [0.25, 0.3) is 0 Å². The minimum absolute atomic E-state index is 0.246. The lowest BCUT2D eigenvalue weighted by molar-refractivity contribution is 0.253. The third-order valence-electron chi connectivity index (χ3n) is 3.23. The lowest BCUT2D eigenvalue weighted by Gasteiger charge is -2.23. The molecule has 1 aliphatic heterocycles. The first-order chi connectivity index (χ1) is 7.55. The Morgan fingerprint density at radius 2 is 1.94 bits per heavy atom. The van der Waals surface area contributed by atoms with Gasteiger partial charge in [-0.15, -0.1) is 0 Å². The van der Waals surface area contributed by atoms with E-state index in [1.54, 1.807) is 6.92 Å². The van der Waals surface area contributed by atoms with E-state index >= 15 is 0 Å². The van der Waals surface area contributed by atoms with Crippen LogP contribution in [0.4, 0.5) is 0 Å². The largest absolute Gasteiger partial charge is 0.314 e. The molecule has 0 aromatic carbocycles. The summed E-state index contributed by atoms with van der Waals surface area (Å²) in [7, 11) is -2.81. The summed E-state index contributed by atoms with van der Waals surface area (Å²) in [6.07, 6.45) is 2.60. The zero-order valence-corrected chi connectivity index (χ0v) is 11.2. The van der Waals surface area contributed by atoms with E-state index in [1.807, 2.05) is 0 Å². The Labute approximate surface area is 99.3 Å². The first-order valence-electron chi connectivity index (χ1n) is 6.20. The maximum absolute atomic E-state index is 11.2. The summed E-state index contributed by atoms with van der Waals surface area (Å²) >= 11 is 0. The molecule has 0 aromatic rings. The predicted molar refractivity (Wildman–Crippen MR) is 67.5 cm³/mol. The van der Waals surface area contributed by atoms with Gasteiger partial charge in [-0.25, -0.2) is 8.42 Å². The number of likely N-dealkylation sites (tertiary alicyclic amines) is 1. The molecule has 96 valence electrons. The van der Waals surface area contributed by atoms with Crippen molar-refractivity contribution >= 4 is 9.84 Å². The van der Waals surface area contributed by atoms with Crippen LogP contribution in [0.3, 0.4) is 0 Å². The van der Waals surface area contributed by atoms with Crippen molar-refractivity contribution in [3.63, 3.8) is 0 Å². The van der Waals surface area contributed by atoms with E-state index in [0.29, 0.717) is 12.6 Å². The summed E-state index contributed by atoms with van der Waals surface area (Å²) in [5.41, 5.74) is 0. The highest BCUT2D eigenvalue weighted by Gasteiger charge is 2.17. The third kappa shape index (κ3) is 4.80. The summed E-state index contributed by atoms with van der Waals surface area (Å²) in [6, 6.07) is 0.520. The van der Waals surface area contributed by atoms with E-state index in [1.165, 1.54) is 25.9 Å². The minimum Gasteiger partial charge on any atom is -0.314 e. The van der Waals surface area contributed by atoms with Crippen LogP contribution in [0.2, 0.25) is 0 Å². The molecule has 0 radical (unpaired) electrons. The van der Waals surface area contributed by atoms with Gasteiger partial charge in [0.2, 0.25) is 0 Å². The van der Waals surface area contributed by atoms with Crippen LogP contribution in [0.1, 0.15) is 26.7 Å². The normalized spacial score (nSPS) is 20.1. The van der Waals surface area contributed by atoms with E-state index in [0.717, 1.165) is 6.54 Å². The van der Waals surface area contributed by atoms with Gasteiger partial charge in [0.15, 0.2) is 9.84 Å². The molecule has 0 spiro atoms. The topological polar surface area (TPSA) is 49.4 Å². The van der Waals surface area contributed by atoms with Crippen molar-refractivity contribution in [3.05, 3.63) is 0 Å². The second-order valence-electron chi connectivity index (χ2n) is 4.53. The van der Waals surface area contributed by atoms with Crippen LogP contribution in [-0.2, 0) is 9.84 Å². The molecule has 1 rings (SSSR count). The SMILES string of the molecule is CCS(=O)(=O)CCNCC(C)N1CCCC1. The van der Waals surface area contributed by atoms with Crippen LogP contribution in [0.15, 0.2) is 0 Å². The van der Waals surface area contributed by atoms with Crippen molar-refractivity contribution in [2.75, 3.05) is 37.7 Å². The first kappa shape index (κ1) is 13.9. The number of sulfone groups is 1. The molecule has 16 heavy (non-hydrogen) atoms. The summed E-state index contributed by atoms with van der Waals surface area (Å²) in [4.78, 5) is 2.46. The van der Waals surface area contributed by atoms with Crippen LogP contribution in [0, 0.1) is 0 Å². The second-order valence-corrected chi connectivity index (χ2v) is 7.01. The average molecular weight is 248 g/mol. The third-order valence-corrected chi connectivity index (χ3v) is 4.94. The Kier molecular flexibility index (Phi) is 5.72. The summed E-state index contributed by atoms with van der Waals surface area (Å²) in [5, 5.41) is 3.23. The first-order valence-corrected chi connectivity index (χ1v) is 8.02. The van der Waals surface area contributed by atoms with E-state index in [4.69, 9.17) is 0 Å². The van der Waals surface area contributed by atoms with Crippen molar-refractivity contribution in [3.8, 4) is 0 Å². The van der Waals surface area contributed by atoms with Crippen LogP contribution in [-0.4, -0.2) is 57.0 Å². The van der Waals surface area contributed by atoms with E-state index in [-0.39, 0.29) is 11.5 Å². The van der Waals surface area contributed by atoms with Crippen molar-refractivity contribution in [2.24, 2.45) is 0 Å². The van der Waals surface area contributed by atoms with Gasteiger partial charge in [0.1, 0.15) is 0 Å². The molecule has 1 fully saturated rings. The van der Waals surface area contributed by atoms with Gasteiger partial charge in [0.25, 0.3) is 0 Å². The number of hydrogen-bond acceptors (Lipinski definition) is 4. The monoisotopic (exact) mass is 248 g/mol. The van der Waals surface area contributed by atoms with Crippen LogP contribution in [0.5, 0.6) is 0 Å². The van der Waals surface area contributed by atoms with Gasteiger partial charge in [-0.1, -0.05) is 6.92 Å². The van der Waals surface area contributed by atoms with E-state index in [2.05, 4.69) is 17.1 Å². The fourth-order valence-corrected chi connectivity index (χ4v) is 2.74. The smallest absolute Gasteiger partial charge is 0.151 e. The maximum Gasteiger partial charge on any atom is 0.151 e. The number of nitrogens with zero attached hydrogens (tertiary/aromatic N) is 1. The lowest BCUT2D eigenvalue weighted by atomic mass is 10.3. The molecule has 0 saturated carbocycles. The lowest BCUT2D eigenvalue weighted by Crippen LogP contribution is -2.39. The number of nitrogens with one attached hydrogen (secondary N) is 1. The molecule has 1 N–H and O–H groups in total. The molecule has 1 unspecified atom stereocenters. The van der Waals surface area contributed by atoms with E-state index in [9.17, 15) is 8.42 Å². The summed E-state index contributed by atoms with van der Waals surface area (Å²) in [6.45, 7) is 7.74. The standard InChI is InChI=1S/C11H24N2O2S/c1-3-16(14,15)9-6-12-10-11(2)13-7-4-5-8-13/h11-12H,3-10H2,1-2H3. The summed E-state index contributed by atoms with van der Waals surface area (Å²) < 4.78 is 22.5. The molecule has 5 heteroatoms. The van der Waals surface area contributed by atoms with Crippen LogP contribution >= 0.6 is 0 Å². The highest BCUT2D eigenvalue weighted by atomic mass is 32.2. The highest BCUT2D eigenvalue weighted by Crippen LogP contribution is 2.10. The van der Waals surface area contributed by atoms with Gasteiger partial charge in [-0.3, -0.25) is 4.90 Å². The van der Waals surface area contributed by atoms with E-state index < -0.39 is 9.84 Å². The maximum atomic E-state index is 11.2. The van der Waals surface area contributed by atoms with Gasteiger partial charge < -0.3 is 5.32 Å². The minimum atomic E-state index is -2.81. The molecule has 0 bridgehead atoms. The summed E-state index contributed by atoms with van der Waals surface area (Å²) in [5.74, 6) is 0.507. The van der Waals surface area contributed by atoms with Gasteiger partial charge in [-0.2, -0.15) is 0 Å². The van der Waals surface area contributed by atoms with Crippen LogP contribution < -0.4 is 5.32 Å². The molecule has 1 aliphatic rings. The highest BCUT2D eigenvalue weighted by molar-refractivity contribution is 7.91. The number of rotatable bonds is 7. The predicted octanol–water partition coefficient (Wildman–Crippen LogP) is 0.495. The molecular formula is C11H24N2O2S. The number of hydrogen-bond donors (Lipinski definition) is 1. The van der Waals surface area contributed by atoms with Gasteiger partial charge in [0.05, 0.1) is 5.75 Å². The van der Waals surface area contributed by atoms with Crippen molar-refractivity contribution in [2.45, 2.75) is 32.7 Å². The van der Waals surface area contributed by atoms with Gasteiger partial charge >= 0.3 is 0 Å². The second kappa shape index (κ2) is 6.57. The fraction of sp³-hybridized carbons (Fsp3) is 1.00. The zero-order valence-electron chi connectivity index (χ0n) is 10.4. The Bertz CT molecular complexity index is 284. The Balaban J connectivity index is 2.11. The molecule has 1 saturated heterocycles. The average Bonchev–Trinajstić information content (AvgIpc) is 2.77. The molecular weight excluding hydrogens is 224 g/mol. The van der Waals surface area contributed by atoms with Crippen molar-refractivity contribution in [1.29, 1.82) is 0 Å². The Hall–Kier alpha value is -0.130. The zero-order chi connectivity index (χ0) is 12.0. The van der Waals surface area contributed by atoms with Crippen molar-refractivity contribution < 1.29 is 8.42 Å². The molecule has 0 aromatic heterocycles. The Morgan fingerprint density at radius 1 is 1.31 bits per heavy atom. The molecule has 1 heterocycles. The van der Waals surface area contributed by atoms with Gasteiger partial charge in [-0.05, 0) is 32.9 Å². The molecule has 4 nitrogen and oxygen atoms in total. The molecule has 0 aliphatic carbocycles. The molecule has 1 atom stereocenters. The van der Waals surface area contributed by atoms with Gasteiger partial charge in [0, 0.05) is 24.9 Å².